The van der Waals surface area contributed by atoms with Crippen LogP contribution in [-0.4, -0.2) is 123 Å². The summed E-state index contributed by atoms with van der Waals surface area (Å²) < 4.78 is 42.5. The average molecular weight is 550 g/mol. The summed E-state index contributed by atoms with van der Waals surface area (Å²) in [6.07, 6.45) is 0. The fourth-order valence-electron chi connectivity index (χ4n) is 2.76. The molecule has 0 amide bonds. The number of nitro groups is 2. The van der Waals surface area contributed by atoms with Crippen LogP contribution < -0.4 is 5.32 Å². The minimum atomic E-state index is -0.680. The van der Waals surface area contributed by atoms with Crippen molar-refractivity contribution in [1.29, 1.82) is 0 Å². The van der Waals surface area contributed by atoms with E-state index in [1.807, 2.05) is 0 Å². The molecule has 0 atom stereocenters. The third-order valence-electron chi connectivity index (χ3n) is 4.61. The Hall–Kier alpha value is -2.50. The zero-order valence-electron chi connectivity index (χ0n) is 21.8. The summed E-state index contributed by atoms with van der Waals surface area (Å²) in [5, 5.41) is 24.7. The lowest BCUT2D eigenvalue weighted by molar-refractivity contribution is -0.393. The van der Waals surface area contributed by atoms with Gasteiger partial charge in [-0.2, -0.15) is 0 Å². The SMILES string of the molecule is COCCOCCOCCOCCOCCOCCOCCOCCNc1ccc([N+](=O)[O-])cc1[N+](=O)[O-]. The van der Waals surface area contributed by atoms with Crippen molar-refractivity contribution in [2.75, 3.05) is 118 Å². The largest absolute Gasteiger partial charge is 0.382 e. The summed E-state index contributed by atoms with van der Waals surface area (Å²) in [6, 6.07) is 3.43. The third kappa shape index (κ3) is 17.9. The van der Waals surface area contributed by atoms with Crippen LogP contribution in [0.25, 0.3) is 0 Å². The molecule has 0 saturated heterocycles. The molecule has 0 aromatic heterocycles. The van der Waals surface area contributed by atoms with E-state index in [1.165, 1.54) is 12.1 Å². The van der Waals surface area contributed by atoms with E-state index in [-0.39, 0.29) is 23.7 Å². The number of rotatable bonds is 27. The van der Waals surface area contributed by atoms with Crippen molar-refractivity contribution in [3.8, 4) is 0 Å². The molecule has 15 nitrogen and oxygen atoms in total. The van der Waals surface area contributed by atoms with Crippen LogP contribution in [0.5, 0.6) is 0 Å². The molecule has 0 fully saturated rings. The molecule has 0 unspecified atom stereocenters. The molecule has 15 heteroatoms. The van der Waals surface area contributed by atoms with E-state index >= 15 is 0 Å². The van der Waals surface area contributed by atoms with Crippen LogP contribution in [0, 0.1) is 20.2 Å². The lowest BCUT2D eigenvalue weighted by Crippen LogP contribution is -2.15. The zero-order valence-corrected chi connectivity index (χ0v) is 21.8. The first kappa shape index (κ1) is 33.5. The van der Waals surface area contributed by atoms with Crippen molar-refractivity contribution in [1.82, 2.24) is 0 Å². The maximum atomic E-state index is 11.1. The highest BCUT2D eigenvalue weighted by molar-refractivity contribution is 5.65. The summed E-state index contributed by atoms with van der Waals surface area (Å²) in [6.45, 7) is 7.22. The molecule has 1 N–H and O–H groups in total. The lowest BCUT2D eigenvalue weighted by atomic mass is 10.2. The van der Waals surface area contributed by atoms with Crippen LogP contribution in [0.1, 0.15) is 0 Å². The van der Waals surface area contributed by atoms with Gasteiger partial charge in [0.05, 0.1) is 115 Å². The van der Waals surface area contributed by atoms with Crippen LogP contribution in [-0.2, 0) is 37.9 Å². The lowest BCUT2D eigenvalue weighted by Gasteiger charge is -2.09. The van der Waals surface area contributed by atoms with Crippen molar-refractivity contribution in [3.05, 3.63) is 38.4 Å². The number of nitro benzene ring substituents is 2. The number of nitrogens with zero attached hydrogens (tertiary/aromatic N) is 2. The second-order valence-corrected chi connectivity index (χ2v) is 7.42. The molecule has 0 spiro atoms. The average Bonchev–Trinajstić information content (AvgIpc) is 2.91. The van der Waals surface area contributed by atoms with Gasteiger partial charge in [-0.3, -0.25) is 20.2 Å². The highest BCUT2D eigenvalue weighted by Crippen LogP contribution is 2.28. The van der Waals surface area contributed by atoms with Gasteiger partial charge in [0.25, 0.3) is 11.4 Å². The number of hydrogen-bond donors (Lipinski definition) is 1. The summed E-state index contributed by atoms with van der Waals surface area (Å²) in [5.74, 6) is 0. The van der Waals surface area contributed by atoms with Gasteiger partial charge in [-0.15, -0.1) is 0 Å². The van der Waals surface area contributed by atoms with E-state index in [0.29, 0.717) is 99.0 Å². The molecular formula is C23H39N3O12. The summed E-state index contributed by atoms with van der Waals surface area (Å²) in [5.41, 5.74) is -0.513. The number of hydrogen-bond acceptors (Lipinski definition) is 13. The second kappa shape index (κ2) is 23.6. The highest BCUT2D eigenvalue weighted by atomic mass is 16.6. The van der Waals surface area contributed by atoms with E-state index in [4.69, 9.17) is 37.9 Å². The Balaban J connectivity index is 1.83. The van der Waals surface area contributed by atoms with E-state index in [9.17, 15) is 20.2 Å². The molecule has 38 heavy (non-hydrogen) atoms. The monoisotopic (exact) mass is 549 g/mol. The summed E-state index contributed by atoms with van der Waals surface area (Å²) >= 11 is 0. The van der Waals surface area contributed by atoms with Crippen molar-refractivity contribution >= 4 is 17.1 Å². The molecular weight excluding hydrogens is 510 g/mol. The van der Waals surface area contributed by atoms with Crippen molar-refractivity contribution in [2.45, 2.75) is 0 Å². The molecule has 0 bridgehead atoms. The van der Waals surface area contributed by atoms with Gasteiger partial charge in [0.2, 0.25) is 0 Å². The molecule has 0 aliphatic rings. The third-order valence-corrected chi connectivity index (χ3v) is 4.61. The van der Waals surface area contributed by atoms with Gasteiger partial charge in [-0.1, -0.05) is 0 Å². The maximum Gasteiger partial charge on any atom is 0.299 e. The van der Waals surface area contributed by atoms with Crippen LogP contribution in [0.15, 0.2) is 18.2 Å². The number of methoxy groups -OCH3 is 1. The van der Waals surface area contributed by atoms with Gasteiger partial charge in [-0.05, 0) is 6.07 Å². The fraction of sp³-hybridized carbons (Fsp3) is 0.739. The molecule has 0 aliphatic heterocycles. The molecule has 1 aromatic rings. The Labute approximate surface area is 221 Å². The summed E-state index contributed by atoms with van der Waals surface area (Å²) in [7, 11) is 1.63. The van der Waals surface area contributed by atoms with Gasteiger partial charge in [-0.25, -0.2) is 0 Å². The summed E-state index contributed by atoms with van der Waals surface area (Å²) in [4.78, 5) is 20.5. The van der Waals surface area contributed by atoms with E-state index in [0.717, 1.165) is 6.07 Å². The second-order valence-electron chi connectivity index (χ2n) is 7.42. The van der Waals surface area contributed by atoms with Gasteiger partial charge in [0, 0.05) is 19.7 Å². The number of non-ortho nitro benzene ring substituents is 1. The molecule has 218 valence electrons. The van der Waals surface area contributed by atoms with E-state index in [2.05, 4.69) is 5.32 Å². The van der Waals surface area contributed by atoms with Crippen molar-refractivity contribution < 1.29 is 47.7 Å². The zero-order chi connectivity index (χ0) is 27.7. The Morgan fingerprint density at radius 2 is 1.00 bits per heavy atom. The van der Waals surface area contributed by atoms with Gasteiger partial charge >= 0.3 is 0 Å². The number of benzene rings is 1. The van der Waals surface area contributed by atoms with E-state index in [1.54, 1.807) is 7.11 Å². The van der Waals surface area contributed by atoms with Gasteiger partial charge < -0.3 is 43.2 Å². The normalized spacial score (nSPS) is 11.1. The first-order valence-electron chi connectivity index (χ1n) is 12.3. The highest BCUT2D eigenvalue weighted by Gasteiger charge is 2.18. The van der Waals surface area contributed by atoms with Crippen LogP contribution in [0.2, 0.25) is 0 Å². The number of nitrogens with one attached hydrogen (secondary N) is 1. The first-order valence-corrected chi connectivity index (χ1v) is 12.3. The van der Waals surface area contributed by atoms with Crippen LogP contribution in [0.4, 0.5) is 17.1 Å². The molecule has 0 aliphatic carbocycles. The Bertz CT molecular complexity index is 756. The maximum absolute atomic E-state index is 11.1. The van der Waals surface area contributed by atoms with Gasteiger partial charge in [0.15, 0.2) is 0 Å². The topological polar surface area (TPSA) is 172 Å². The Morgan fingerprint density at radius 1 is 0.605 bits per heavy atom. The molecule has 0 saturated carbocycles. The van der Waals surface area contributed by atoms with Crippen molar-refractivity contribution in [2.24, 2.45) is 0 Å². The molecule has 0 radical (unpaired) electrons. The number of anilines is 1. The first-order chi connectivity index (χ1) is 18.6. The predicted molar refractivity (Wildman–Crippen MR) is 136 cm³/mol. The fourth-order valence-corrected chi connectivity index (χ4v) is 2.76. The standard InChI is InChI=1S/C23H39N3O12/c1-31-6-7-33-10-11-35-14-15-37-18-19-38-17-16-36-13-12-34-9-8-32-5-4-24-22-3-2-21(25(27)28)20-23(22)26(29)30/h2-3,20,24H,4-19H2,1H3. The smallest absolute Gasteiger partial charge is 0.299 e. The van der Waals surface area contributed by atoms with Crippen molar-refractivity contribution in [3.63, 3.8) is 0 Å². The number of ether oxygens (including phenoxy) is 8. The van der Waals surface area contributed by atoms with Crippen LogP contribution >= 0.6 is 0 Å². The van der Waals surface area contributed by atoms with Crippen LogP contribution in [0.3, 0.4) is 0 Å². The molecule has 0 heterocycles. The Kier molecular flexibility index (Phi) is 20.8. The quantitative estimate of drug-likeness (QED) is 0.0955. The predicted octanol–water partition coefficient (Wildman–Crippen LogP) is 1.68. The molecule has 1 aromatic carbocycles. The van der Waals surface area contributed by atoms with Gasteiger partial charge in [0.1, 0.15) is 5.69 Å². The minimum Gasteiger partial charge on any atom is -0.382 e. The van der Waals surface area contributed by atoms with E-state index < -0.39 is 9.85 Å². The molecule has 1 rings (SSSR count). The Morgan fingerprint density at radius 3 is 1.37 bits per heavy atom. The minimum absolute atomic E-state index is 0.190.